The van der Waals surface area contributed by atoms with E-state index < -0.39 is 0 Å². The summed E-state index contributed by atoms with van der Waals surface area (Å²) in [5.74, 6) is 1.17. The molecule has 1 heterocycles. The van der Waals surface area contributed by atoms with Gasteiger partial charge in [-0.05, 0) is 38.5 Å². The Kier molecular flexibility index (Phi) is 3.49. The van der Waals surface area contributed by atoms with Gasteiger partial charge in [-0.3, -0.25) is 0 Å². The van der Waals surface area contributed by atoms with E-state index in [1.54, 1.807) is 0 Å². The van der Waals surface area contributed by atoms with Crippen LogP contribution in [0.25, 0.3) is 0 Å². The van der Waals surface area contributed by atoms with E-state index in [4.69, 9.17) is 15.0 Å². The summed E-state index contributed by atoms with van der Waals surface area (Å²) < 4.78 is 10.6. The van der Waals surface area contributed by atoms with Crippen molar-refractivity contribution in [2.24, 2.45) is 5.92 Å². The third-order valence-electron chi connectivity index (χ3n) is 3.33. The van der Waals surface area contributed by atoms with Crippen LogP contribution >= 0.6 is 0 Å². The van der Waals surface area contributed by atoms with Gasteiger partial charge in [0.05, 0.1) is 11.8 Å². The van der Waals surface area contributed by atoms with Crippen molar-refractivity contribution in [2.75, 3.05) is 12.3 Å². The van der Waals surface area contributed by atoms with Crippen molar-refractivity contribution in [2.45, 2.75) is 45.6 Å². The van der Waals surface area contributed by atoms with Gasteiger partial charge in [0.2, 0.25) is 5.88 Å². The first kappa shape index (κ1) is 11.5. The van der Waals surface area contributed by atoms with Gasteiger partial charge < -0.3 is 15.0 Å². The minimum Gasteiger partial charge on any atom is -0.378 e. The highest BCUT2D eigenvalue weighted by Gasteiger charge is 2.31. The molecule has 0 unspecified atom stereocenters. The van der Waals surface area contributed by atoms with Crippen LogP contribution in [0.3, 0.4) is 0 Å². The average Bonchev–Trinajstić information content (AvgIpc) is 2.56. The zero-order valence-corrected chi connectivity index (χ0v) is 10.0. The van der Waals surface area contributed by atoms with Gasteiger partial charge in [-0.15, -0.1) is 0 Å². The summed E-state index contributed by atoms with van der Waals surface area (Å²) in [5.41, 5.74) is 7.83. The Labute approximate surface area is 96.1 Å². The van der Waals surface area contributed by atoms with Crippen LogP contribution in [0.1, 0.15) is 37.9 Å². The first-order valence-electron chi connectivity index (χ1n) is 6.09. The highest BCUT2D eigenvalue weighted by atomic mass is 16.5. The lowest BCUT2D eigenvalue weighted by molar-refractivity contribution is -0.0244. The Balaban J connectivity index is 1.86. The van der Waals surface area contributed by atoms with Crippen molar-refractivity contribution < 1.29 is 9.26 Å². The molecule has 1 aromatic rings. The van der Waals surface area contributed by atoms with Crippen molar-refractivity contribution in [1.82, 2.24) is 5.16 Å². The molecule has 4 nitrogen and oxygen atoms in total. The molecular formula is C12H20N2O2. The average molecular weight is 224 g/mol. The maximum absolute atomic E-state index is 5.71. The molecule has 0 bridgehead atoms. The van der Waals surface area contributed by atoms with E-state index in [1.165, 1.54) is 0 Å². The van der Waals surface area contributed by atoms with Crippen LogP contribution in [0.5, 0.6) is 0 Å². The maximum Gasteiger partial charge on any atom is 0.225 e. The molecular weight excluding hydrogens is 204 g/mol. The summed E-state index contributed by atoms with van der Waals surface area (Å²) >= 11 is 0. The number of aromatic nitrogens is 1. The van der Waals surface area contributed by atoms with Crippen LogP contribution in [-0.4, -0.2) is 17.9 Å². The molecule has 0 aliphatic heterocycles. The van der Waals surface area contributed by atoms with Crippen LogP contribution < -0.4 is 5.73 Å². The van der Waals surface area contributed by atoms with E-state index >= 15 is 0 Å². The summed E-state index contributed by atoms with van der Waals surface area (Å²) in [6.45, 7) is 4.94. The van der Waals surface area contributed by atoms with Gasteiger partial charge in [-0.25, -0.2) is 0 Å². The predicted octanol–water partition coefficient (Wildman–Crippen LogP) is 2.18. The Bertz CT molecular complexity index is 343. The minimum atomic E-state index is 0.462. The van der Waals surface area contributed by atoms with Gasteiger partial charge in [-0.2, -0.15) is 0 Å². The lowest BCUT2D eigenvalue weighted by atomic mass is 9.79. The molecule has 2 N–H and O–H groups in total. The Morgan fingerprint density at radius 3 is 2.81 bits per heavy atom. The fourth-order valence-electron chi connectivity index (χ4n) is 2.38. The topological polar surface area (TPSA) is 61.3 Å². The zero-order chi connectivity index (χ0) is 11.5. The van der Waals surface area contributed by atoms with Gasteiger partial charge in [0.25, 0.3) is 0 Å². The van der Waals surface area contributed by atoms with Crippen molar-refractivity contribution >= 4 is 5.88 Å². The highest BCUT2D eigenvalue weighted by molar-refractivity contribution is 5.39. The predicted molar refractivity (Wildman–Crippen MR) is 62.1 cm³/mol. The third kappa shape index (κ3) is 2.21. The van der Waals surface area contributed by atoms with Crippen LogP contribution in [0.2, 0.25) is 0 Å². The van der Waals surface area contributed by atoms with Gasteiger partial charge in [0.1, 0.15) is 0 Å². The van der Waals surface area contributed by atoms with Crippen LogP contribution in [0.15, 0.2) is 4.52 Å². The van der Waals surface area contributed by atoms with Gasteiger partial charge in [0, 0.05) is 12.2 Å². The van der Waals surface area contributed by atoms with E-state index in [-0.39, 0.29) is 0 Å². The fourth-order valence-corrected chi connectivity index (χ4v) is 2.38. The van der Waals surface area contributed by atoms with Crippen molar-refractivity contribution in [3.63, 3.8) is 0 Å². The molecule has 0 saturated heterocycles. The molecule has 1 saturated carbocycles. The number of anilines is 1. The molecule has 0 amide bonds. The lowest BCUT2D eigenvalue weighted by Gasteiger charge is -2.34. The van der Waals surface area contributed by atoms with E-state index in [1.807, 2.05) is 6.92 Å². The monoisotopic (exact) mass is 224 g/mol. The first-order chi connectivity index (χ1) is 7.74. The molecule has 90 valence electrons. The molecule has 1 aromatic heterocycles. The van der Waals surface area contributed by atoms with Crippen LogP contribution in [0.4, 0.5) is 5.88 Å². The highest BCUT2D eigenvalue weighted by Crippen LogP contribution is 2.34. The molecule has 1 fully saturated rings. The number of rotatable bonds is 5. The maximum atomic E-state index is 5.71. The van der Waals surface area contributed by atoms with E-state index in [2.05, 4.69) is 12.1 Å². The molecule has 2 rings (SSSR count). The second-order valence-electron chi connectivity index (χ2n) is 4.44. The van der Waals surface area contributed by atoms with Crippen LogP contribution in [-0.2, 0) is 17.6 Å². The number of nitrogens with two attached hydrogens (primary N) is 1. The molecule has 16 heavy (non-hydrogen) atoms. The van der Waals surface area contributed by atoms with Gasteiger partial charge in [-0.1, -0.05) is 12.1 Å². The van der Waals surface area contributed by atoms with E-state index in [0.717, 1.165) is 43.5 Å². The Morgan fingerprint density at radius 1 is 1.44 bits per heavy atom. The van der Waals surface area contributed by atoms with Crippen molar-refractivity contribution in [1.29, 1.82) is 0 Å². The van der Waals surface area contributed by atoms with Gasteiger partial charge in [0.15, 0.2) is 0 Å². The molecule has 1 aliphatic carbocycles. The second kappa shape index (κ2) is 4.87. The fraction of sp³-hybridized carbons (Fsp3) is 0.750. The molecule has 0 aromatic carbocycles. The number of ether oxygens (including phenoxy) is 1. The standard InChI is InChI=1S/C12H20N2O2/c1-3-10-11(14-16-12(10)13)7-8-5-9(6-8)15-4-2/h8-9H,3-7,13H2,1-2H3. The minimum absolute atomic E-state index is 0.462. The largest absolute Gasteiger partial charge is 0.378 e. The molecule has 0 atom stereocenters. The molecule has 1 aliphatic rings. The third-order valence-corrected chi connectivity index (χ3v) is 3.33. The summed E-state index contributed by atoms with van der Waals surface area (Å²) in [6.07, 6.45) is 4.62. The summed E-state index contributed by atoms with van der Waals surface area (Å²) in [7, 11) is 0. The van der Waals surface area contributed by atoms with Crippen molar-refractivity contribution in [3.8, 4) is 0 Å². The Morgan fingerprint density at radius 2 is 2.19 bits per heavy atom. The van der Waals surface area contributed by atoms with E-state index in [0.29, 0.717) is 17.9 Å². The quantitative estimate of drug-likeness (QED) is 0.832. The molecule has 4 heteroatoms. The smallest absolute Gasteiger partial charge is 0.225 e. The zero-order valence-electron chi connectivity index (χ0n) is 10.0. The van der Waals surface area contributed by atoms with Crippen molar-refractivity contribution in [3.05, 3.63) is 11.3 Å². The van der Waals surface area contributed by atoms with Crippen LogP contribution in [0, 0.1) is 5.92 Å². The first-order valence-corrected chi connectivity index (χ1v) is 6.09. The van der Waals surface area contributed by atoms with E-state index in [9.17, 15) is 0 Å². The SMILES string of the molecule is CCOC1CC(Cc2noc(N)c2CC)C1. The molecule has 0 radical (unpaired) electrons. The molecule has 0 spiro atoms. The summed E-state index contributed by atoms with van der Waals surface area (Å²) in [4.78, 5) is 0. The number of nitrogens with zero attached hydrogens (tertiary/aromatic N) is 1. The summed E-state index contributed by atoms with van der Waals surface area (Å²) in [6, 6.07) is 0. The second-order valence-corrected chi connectivity index (χ2v) is 4.44. The lowest BCUT2D eigenvalue weighted by Crippen LogP contribution is -2.32. The normalized spacial score (nSPS) is 24.4. The number of hydrogen-bond acceptors (Lipinski definition) is 4. The number of hydrogen-bond donors (Lipinski definition) is 1. The Hall–Kier alpha value is -1.03. The summed E-state index contributed by atoms with van der Waals surface area (Å²) in [5, 5.41) is 4.04. The van der Waals surface area contributed by atoms with Gasteiger partial charge >= 0.3 is 0 Å². The number of nitrogen functional groups attached to an aromatic ring is 1.